The second-order valence-electron chi connectivity index (χ2n) is 12.0. The largest absolute Gasteiger partial charge is 2.00 e. The van der Waals surface area contributed by atoms with E-state index in [1.54, 1.807) is 0 Å². The Bertz CT molecular complexity index is 2470. The van der Waals surface area contributed by atoms with Crippen molar-refractivity contribution >= 4 is 33.5 Å². The van der Waals surface area contributed by atoms with Gasteiger partial charge in [-0.3, -0.25) is 4.68 Å². The molecular formula is C41H26N4OPt. The zero-order chi connectivity index (χ0) is 30.2. The number of rotatable bonds is 4. The molecule has 1 unspecified atom stereocenters. The molecule has 0 bridgehead atoms. The van der Waals surface area contributed by atoms with E-state index in [1.165, 1.54) is 22.3 Å². The molecule has 0 fully saturated rings. The number of ether oxygens (including phenoxy) is 1. The van der Waals surface area contributed by atoms with E-state index in [1.807, 2.05) is 53.3 Å². The quantitative estimate of drug-likeness (QED) is 0.167. The first-order valence-electron chi connectivity index (χ1n) is 15.6. The van der Waals surface area contributed by atoms with E-state index in [-0.39, 0.29) is 26.5 Å². The normalized spacial score (nSPS) is 17.3. The summed E-state index contributed by atoms with van der Waals surface area (Å²) in [5.41, 5.74) is 10.1. The van der Waals surface area contributed by atoms with E-state index in [0.717, 1.165) is 57.4 Å². The molecule has 0 saturated carbocycles. The van der Waals surface area contributed by atoms with Gasteiger partial charge in [-0.25, -0.2) is 4.98 Å². The minimum Gasteiger partial charge on any atom is -0.509 e. The van der Waals surface area contributed by atoms with Gasteiger partial charge < -0.3 is 9.30 Å². The van der Waals surface area contributed by atoms with Crippen molar-refractivity contribution < 1.29 is 25.8 Å². The zero-order valence-electron chi connectivity index (χ0n) is 25.1. The van der Waals surface area contributed by atoms with E-state index < -0.39 is 0 Å². The van der Waals surface area contributed by atoms with Gasteiger partial charge in [0.1, 0.15) is 5.82 Å². The summed E-state index contributed by atoms with van der Waals surface area (Å²) < 4.78 is 10.5. The predicted molar refractivity (Wildman–Crippen MR) is 181 cm³/mol. The molecule has 0 aliphatic heterocycles. The molecule has 226 valence electrons. The van der Waals surface area contributed by atoms with Gasteiger partial charge in [0.25, 0.3) is 0 Å². The SMILES string of the molecule is [Pt+2].[c-]1c(Oc2[c-]c3c(cc2)c2ccccc2n3-c2ccccn2)cccc1-n1cc2c(n1)C1(C=C2)C2=C(CCC=C2)c2ccccc21. The Kier molecular flexibility index (Phi) is 6.35. The molecule has 3 aromatic heterocycles. The average Bonchev–Trinajstić information content (AvgIpc) is 3.85. The van der Waals surface area contributed by atoms with Gasteiger partial charge in [0.2, 0.25) is 0 Å². The summed E-state index contributed by atoms with van der Waals surface area (Å²) in [7, 11) is 0. The van der Waals surface area contributed by atoms with Crippen LogP contribution in [0.5, 0.6) is 11.5 Å². The fourth-order valence-electron chi connectivity index (χ4n) is 7.62. The second-order valence-corrected chi connectivity index (χ2v) is 12.0. The molecule has 0 amide bonds. The van der Waals surface area contributed by atoms with E-state index in [0.29, 0.717) is 11.5 Å². The molecule has 1 spiro atoms. The third-order valence-electron chi connectivity index (χ3n) is 9.56. The Morgan fingerprint density at radius 3 is 2.60 bits per heavy atom. The topological polar surface area (TPSA) is 44.9 Å². The van der Waals surface area contributed by atoms with E-state index in [9.17, 15) is 0 Å². The summed E-state index contributed by atoms with van der Waals surface area (Å²) in [5.74, 6) is 2.04. The van der Waals surface area contributed by atoms with Crippen LogP contribution >= 0.6 is 0 Å². The number of fused-ring (bicyclic) bond motifs is 9. The number of hydrogen-bond acceptors (Lipinski definition) is 3. The maximum Gasteiger partial charge on any atom is 2.00 e. The third-order valence-corrected chi connectivity index (χ3v) is 9.56. The Balaban J connectivity index is 0.00000302. The molecule has 10 rings (SSSR count). The molecule has 3 heterocycles. The Morgan fingerprint density at radius 2 is 1.66 bits per heavy atom. The minimum absolute atomic E-state index is 0. The minimum atomic E-state index is -0.353. The van der Waals surface area contributed by atoms with Crippen LogP contribution in [0.3, 0.4) is 0 Å². The monoisotopic (exact) mass is 785 g/mol. The Hall–Kier alpha value is -5.25. The molecule has 0 saturated heterocycles. The molecule has 47 heavy (non-hydrogen) atoms. The molecule has 4 aromatic carbocycles. The van der Waals surface area contributed by atoms with Gasteiger partial charge in [0.05, 0.1) is 11.1 Å². The number of nitrogens with zero attached hydrogens (tertiary/aromatic N) is 4. The number of aromatic nitrogens is 4. The van der Waals surface area contributed by atoms with Crippen LogP contribution in [0.25, 0.3) is 45.0 Å². The summed E-state index contributed by atoms with van der Waals surface area (Å²) >= 11 is 0. The summed E-state index contributed by atoms with van der Waals surface area (Å²) in [6.45, 7) is 0. The van der Waals surface area contributed by atoms with E-state index in [2.05, 4.69) is 107 Å². The summed E-state index contributed by atoms with van der Waals surface area (Å²) in [6.07, 6.45) is 15.2. The van der Waals surface area contributed by atoms with Crippen LogP contribution in [0.15, 0.2) is 133 Å². The molecule has 5 nitrogen and oxygen atoms in total. The van der Waals surface area contributed by atoms with Crippen LogP contribution in [-0.4, -0.2) is 19.3 Å². The first-order valence-corrected chi connectivity index (χ1v) is 15.6. The van der Waals surface area contributed by atoms with Gasteiger partial charge in [-0.2, -0.15) is 17.2 Å². The molecule has 6 heteroatoms. The molecule has 3 aliphatic carbocycles. The van der Waals surface area contributed by atoms with Crippen LogP contribution in [0, 0.1) is 12.1 Å². The Labute approximate surface area is 286 Å². The number of pyridine rings is 1. The molecule has 0 N–H and O–H groups in total. The number of benzene rings is 4. The smallest absolute Gasteiger partial charge is 0.509 e. The van der Waals surface area contributed by atoms with Crippen LogP contribution in [0.2, 0.25) is 0 Å². The summed E-state index contributed by atoms with van der Waals surface area (Å²) in [4.78, 5) is 4.64. The van der Waals surface area contributed by atoms with Crippen LogP contribution in [0.1, 0.15) is 35.2 Å². The predicted octanol–water partition coefficient (Wildman–Crippen LogP) is 9.18. The van der Waals surface area contributed by atoms with Gasteiger partial charge >= 0.3 is 21.1 Å². The number of hydrogen-bond donors (Lipinski definition) is 0. The molecular weight excluding hydrogens is 760 g/mol. The number of allylic oxidation sites excluding steroid dienone is 5. The molecule has 0 radical (unpaired) electrons. The number of para-hydroxylation sites is 1. The first kappa shape index (κ1) is 28.0. The maximum absolute atomic E-state index is 6.41. The van der Waals surface area contributed by atoms with E-state index in [4.69, 9.17) is 9.84 Å². The van der Waals surface area contributed by atoms with Gasteiger partial charge in [-0.05, 0) is 64.4 Å². The van der Waals surface area contributed by atoms with Gasteiger partial charge in [-0.1, -0.05) is 78.4 Å². The van der Waals surface area contributed by atoms with Crippen molar-refractivity contribution in [3.05, 3.63) is 168 Å². The van der Waals surface area contributed by atoms with Crippen LogP contribution in [-0.2, 0) is 26.5 Å². The van der Waals surface area contributed by atoms with Crippen molar-refractivity contribution in [1.29, 1.82) is 0 Å². The Morgan fingerprint density at radius 1 is 0.787 bits per heavy atom. The standard InChI is InChI=1S/C41H26N4O.Pt/c1-4-15-35-31(12-1)32-13-2-5-16-36(32)41(35)22-21-27-26-44(43-40(27)41)28-10-9-11-29(24-28)46-30-19-20-34-33-14-3-6-17-37(33)45(38(34)25-30)39-18-7-8-23-42-39;/h1,3-12,14-23,26H,2,13H2;/q-2;+2. The molecule has 7 aromatic rings. The van der Waals surface area contributed by atoms with Crippen molar-refractivity contribution in [2.75, 3.05) is 0 Å². The van der Waals surface area contributed by atoms with Crippen molar-refractivity contribution in [1.82, 2.24) is 19.3 Å². The van der Waals surface area contributed by atoms with Gasteiger partial charge in [0.15, 0.2) is 0 Å². The molecule has 1 atom stereocenters. The van der Waals surface area contributed by atoms with Crippen molar-refractivity contribution in [3.8, 4) is 23.0 Å². The maximum atomic E-state index is 6.41. The van der Waals surface area contributed by atoms with E-state index >= 15 is 0 Å². The van der Waals surface area contributed by atoms with Crippen LogP contribution in [0.4, 0.5) is 0 Å². The fraction of sp³-hybridized carbons (Fsp3) is 0.0732. The van der Waals surface area contributed by atoms with Gasteiger partial charge in [0, 0.05) is 35.0 Å². The first-order chi connectivity index (χ1) is 22.8. The second kappa shape index (κ2) is 10.7. The van der Waals surface area contributed by atoms with Crippen molar-refractivity contribution in [2.45, 2.75) is 18.3 Å². The fourth-order valence-corrected chi connectivity index (χ4v) is 7.62. The third kappa shape index (κ3) is 4.06. The van der Waals surface area contributed by atoms with Crippen molar-refractivity contribution in [3.63, 3.8) is 0 Å². The van der Waals surface area contributed by atoms with Crippen LogP contribution < -0.4 is 4.74 Å². The average molecular weight is 786 g/mol. The zero-order valence-corrected chi connectivity index (χ0v) is 27.4. The summed E-state index contributed by atoms with van der Waals surface area (Å²) in [5, 5.41) is 7.47. The summed E-state index contributed by atoms with van der Waals surface area (Å²) in [6, 6.07) is 40.1. The molecule has 3 aliphatic rings. The van der Waals surface area contributed by atoms with Gasteiger partial charge in [-0.15, -0.1) is 35.7 Å². The van der Waals surface area contributed by atoms with Crippen molar-refractivity contribution in [2.24, 2.45) is 0 Å².